The monoisotopic (exact) mass is 321 g/mol. The quantitative estimate of drug-likeness (QED) is 0.909. The van der Waals surface area contributed by atoms with Gasteiger partial charge < -0.3 is 10.4 Å². The number of aryl methyl sites for hydroxylation is 1. The van der Waals surface area contributed by atoms with Gasteiger partial charge in [0.1, 0.15) is 11.3 Å². The van der Waals surface area contributed by atoms with Crippen LogP contribution in [0.5, 0.6) is 0 Å². The standard InChI is InChI=1S/C16H20ClN3O2/c1-3-13(10-6-12(21)7-10)19-16(22)15-9(2)18-14-5-4-11(17)8-20(14)15/h4-5,8,10,12-13,21H,3,6-7H2,1-2H3,(H,19,22)/t10?,12?,13-/m1/s1. The number of hydrogen-bond acceptors (Lipinski definition) is 3. The second-order valence-corrected chi connectivity index (χ2v) is 6.43. The molecule has 0 aliphatic heterocycles. The number of fused-ring (bicyclic) bond motifs is 1. The molecule has 1 aliphatic rings. The molecule has 2 aromatic rings. The van der Waals surface area contributed by atoms with Gasteiger partial charge in [-0.2, -0.15) is 0 Å². The molecule has 0 aromatic carbocycles. The van der Waals surface area contributed by atoms with Crippen LogP contribution in [0, 0.1) is 12.8 Å². The normalized spacial score (nSPS) is 22.4. The molecule has 118 valence electrons. The van der Waals surface area contributed by atoms with Gasteiger partial charge in [-0.3, -0.25) is 9.20 Å². The summed E-state index contributed by atoms with van der Waals surface area (Å²) in [7, 11) is 0. The summed E-state index contributed by atoms with van der Waals surface area (Å²) >= 11 is 6.03. The Morgan fingerprint density at radius 3 is 2.91 bits per heavy atom. The zero-order valence-electron chi connectivity index (χ0n) is 12.7. The van der Waals surface area contributed by atoms with E-state index in [1.165, 1.54) is 0 Å². The Bertz CT molecular complexity index is 707. The van der Waals surface area contributed by atoms with Crippen molar-refractivity contribution in [3.05, 3.63) is 34.7 Å². The van der Waals surface area contributed by atoms with Gasteiger partial charge in [0.05, 0.1) is 16.8 Å². The van der Waals surface area contributed by atoms with Gasteiger partial charge in [0, 0.05) is 12.2 Å². The Morgan fingerprint density at radius 2 is 2.27 bits per heavy atom. The molecule has 0 unspecified atom stereocenters. The summed E-state index contributed by atoms with van der Waals surface area (Å²) in [6.45, 7) is 3.87. The molecular formula is C16H20ClN3O2. The fraction of sp³-hybridized carbons (Fsp3) is 0.500. The van der Waals surface area contributed by atoms with Gasteiger partial charge in [0.25, 0.3) is 5.91 Å². The minimum atomic E-state index is -0.215. The first-order valence-corrected chi connectivity index (χ1v) is 8.00. The Labute approximate surface area is 134 Å². The molecule has 6 heteroatoms. The van der Waals surface area contributed by atoms with Crippen LogP contribution in [-0.4, -0.2) is 32.5 Å². The molecule has 0 spiro atoms. The predicted octanol–water partition coefficient (Wildman–Crippen LogP) is 2.58. The molecule has 1 atom stereocenters. The maximum atomic E-state index is 12.7. The molecule has 1 saturated carbocycles. The van der Waals surface area contributed by atoms with E-state index in [0.717, 1.165) is 19.3 Å². The lowest BCUT2D eigenvalue weighted by Crippen LogP contribution is -2.47. The number of rotatable bonds is 4. The first-order chi connectivity index (χ1) is 10.5. The summed E-state index contributed by atoms with van der Waals surface area (Å²) in [5, 5.41) is 13.1. The number of amides is 1. The van der Waals surface area contributed by atoms with Crippen molar-refractivity contribution in [1.29, 1.82) is 0 Å². The Morgan fingerprint density at radius 1 is 1.55 bits per heavy atom. The summed E-state index contributed by atoms with van der Waals surface area (Å²) in [6, 6.07) is 3.64. The van der Waals surface area contributed by atoms with Gasteiger partial charge >= 0.3 is 0 Å². The number of halogens is 1. The summed E-state index contributed by atoms with van der Waals surface area (Å²) in [6.07, 6.45) is 3.86. The van der Waals surface area contributed by atoms with E-state index in [1.54, 1.807) is 22.7 Å². The number of carbonyl (C=O) groups is 1. The summed E-state index contributed by atoms with van der Waals surface area (Å²) < 4.78 is 1.73. The van der Waals surface area contributed by atoms with E-state index in [-0.39, 0.29) is 18.1 Å². The van der Waals surface area contributed by atoms with E-state index < -0.39 is 0 Å². The fourth-order valence-electron chi connectivity index (χ4n) is 3.16. The third-order valence-corrected chi connectivity index (χ3v) is 4.67. The molecule has 1 amide bonds. The molecule has 0 bridgehead atoms. The van der Waals surface area contributed by atoms with Gasteiger partial charge in [0.15, 0.2) is 0 Å². The average molecular weight is 322 g/mol. The van der Waals surface area contributed by atoms with Gasteiger partial charge in [0.2, 0.25) is 0 Å². The molecule has 2 N–H and O–H groups in total. The van der Waals surface area contributed by atoms with E-state index in [2.05, 4.69) is 10.3 Å². The minimum absolute atomic E-state index is 0.0834. The van der Waals surface area contributed by atoms with Crippen LogP contribution in [-0.2, 0) is 0 Å². The Kier molecular flexibility index (Phi) is 4.10. The van der Waals surface area contributed by atoms with Crippen LogP contribution in [0.2, 0.25) is 5.02 Å². The highest BCUT2D eigenvalue weighted by Crippen LogP contribution is 2.31. The van der Waals surface area contributed by atoms with Gasteiger partial charge in [-0.25, -0.2) is 4.98 Å². The zero-order valence-corrected chi connectivity index (χ0v) is 13.5. The number of imidazole rings is 1. The highest BCUT2D eigenvalue weighted by molar-refractivity contribution is 6.30. The molecule has 22 heavy (non-hydrogen) atoms. The second-order valence-electron chi connectivity index (χ2n) is 5.99. The van der Waals surface area contributed by atoms with E-state index in [1.807, 2.05) is 13.8 Å². The van der Waals surface area contributed by atoms with Crippen molar-refractivity contribution >= 4 is 23.2 Å². The Hall–Kier alpha value is -1.59. The van der Waals surface area contributed by atoms with Crippen molar-refractivity contribution < 1.29 is 9.90 Å². The maximum Gasteiger partial charge on any atom is 0.270 e. The van der Waals surface area contributed by atoms with Crippen LogP contribution in [0.15, 0.2) is 18.3 Å². The van der Waals surface area contributed by atoms with Crippen LogP contribution in [0.25, 0.3) is 5.65 Å². The topological polar surface area (TPSA) is 66.6 Å². The number of aliphatic hydroxyl groups excluding tert-OH is 1. The molecule has 2 aromatic heterocycles. The van der Waals surface area contributed by atoms with Crippen LogP contribution in [0.3, 0.4) is 0 Å². The summed E-state index contributed by atoms with van der Waals surface area (Å²) in [4.78, 5) is 17.1. The third kappa shape index (κ3) is 2.71. The van der Waals surface area contributed by atoms with Crippen molar-refractivity contribution in [2.75, 3.05) is 0 Å². The predicted molar refractivity (Wildman–Crippen MR) is 85.2 cm³/mol. The SMILES string of the molecule is CC[C@@H](NC(=O)c1c(C)nc2ccc(Cl)cn12)C1CC(O)C1. The van der Waals surface area contributed by atoms with E-state index in [9.17, 15) is 9.90 Å². The van der Waals surface area contributed by atoms with E-state index in [4.69, 9.17) is 11.6 Å². The third-order valence-electron chi connectivity index (χ3n) is 4.45. The maximum absolute atomic E-state index is 12.7. The molecule has 5 nitrogen and oxygen atoms in total. The first kappa shape index (κ1) is 15.3. The largest absolute Gasteiger partial charge is 0.393 e. The minimum Gasteiger partial charge on any atom is -0.393 e. The number of hydrogen-bond donors (Lipinski definition) is 2. The second kappa shape index (κ2) is 5.89. The average Bonchev–Trinajstić information content (AvgIpc) is 2.76. The van der Waals surface area contributed by atoms with E-state index >= 15 is 0 Å². The van der Waals surface area contributed by atoms with Crippen LogP contribution in [0.1, 0.15) is 42.4 Å². The lowest BCUT2D eigenvalue weighted by molar-refractivity contribution is 0.0232. The Balaban J connectivity index is 1.85. The lowest BCUT2D eigenvalue weighted by atomic mass is 9.76. The number of pyridine rings is 1. The van der Waals surface area contributed by atoms with E-state index in [0.29, 0.717) is 28.0 Å². The number of aliphatic hydroxyl groups is 1. The zero-order chi connectivity index (χ0) is 15.9. The number of nitrogens with zero attached hydrogens (tertiary/aromatic N) is 2. The fourth-order valence-corrected chi connectivity index (χ4v) is 3.32. The highest BCUT2D eigenvalue weighted by Gasteiger charge is 2.34. The van der Waals surface area contributed by atoms with Crippen molar-refractivity contribution in [3.8, 4) is 0 Å². The first-order valence-electron chi connectivity index (χ1n) is 7.62. The van der Waals surface area contributed by atoms with Crippen molar-refractivity contribution in [3.63, 3.8) is 0 Å². The molecular weight excluding hydrogens is 302 g/mol. The molecule has 0 saturated heterocycles. The van der Waals surface area contributed by atoms with Gasteiger partial charge in [-0.15, -0.1) is 0 Å². The van der Waals surface area contributed by atoms with Crippen LogP contribution >= 0.6 is 11.6 Å². The molecule has 1 aliphatic carbocycles. The summed E-state index contributed by atoms with van der Waals surface area (Å²) in [5.74, 6) is 0.215. The number of aromatic nitrogens is 2. The number of carbonyl (C=O) groups excluding carboxylic acids is 1. The van der Waals surface area contributed by atoms with Crippen molar-refractivity contribution in [1.82, 2.24) is 14.7 Å². The van der Waals surface area contributed by atoms with Gasteiger partial charge in [-0.1, -0.05) is 18.5 Å². The smallest absolute Gasteiger partial charge is 0.270 e. The lowest BCUT2D eigenvalue weighted by Gasteiger charge is -2.37. The van der Waals surface area contributed by atoms with Gasteiger partial charge in [-0.05, 0) is 44.2 Å². The van der Waals surface area contributed by atoms with Crippen LogP contribution < -0.4 is 5.32 Å². The molecule has 1 fully saturated rings. The van der Waals surface area contributed by atoms with Crippen molar-refractivity contribution in [2.45, 2.75) is 45.3 Å². The number of nitrogens with one attached hydrogen (secondary N) is 1. The molecule has 0 radical (unpaired) electrons. The molecule has 3 rings (SSSR count). The summed E-state index contributed by atoms with van der Waals surface area (Å²) in [5.41, 5.74) is 1.92. The molecule has 2 heterocycles. The highest BCUT2D eigenvalue weighted by atomic mass is 35.5. The van der Waals surface area contributed by atoms with Crippen molar-refractivity contribution in [2.24, 2.45) is 5.92 Å². The van der Waals surface area contributed by atoms with Crippen LogP contribution in [0.4, 0.5) is 0 Å².